The SMILES string of the molecule is CC(C)OCCCN1C(=O)c2ccccc2[C@H]1c1c(-c2ccc(Br)cc2)[nH]c2ccccc12. The lowest BCUT2D eigenvalue weighted by Crippen LogP contribution is -2.30. The highest BCUT2D eigenvalue weighted by atomic mass is 79.9. The number of hydrogen-bond acceptors (Lipinski definition) is 2. The minimum Gasteiger partial charge on any atom is -0.379 e. The van der Waals surface area contributed by atoms with Crippen molar-refractivity contribution in [2.24, 2.45) is 0 Å². The number of nitrogens with one attached hydrogen (secondary N) is 1. The fourth-order valence-corrected chi connectivity index (χ4v) is 5.02. The van der Waals surface area contributed by atoms with Crippen LogP contribution >= 0.6 is 15.9 Å². The predicted molar refractivity (Wildman–Crippen MR) is 136 cm³/mol. The second-order valence-corrected chi connectivity index (χ2v) is 9.64. The second-order valence-electron chi connectivity index (χ2n) is 8.73. The van der Waals surface area contributed by atoms with E-state index in [0.717, 1.165) is 49.7 Å². The van der Waals surface area contributed by atoms with Crippen molar-refractivity contribution in [1.82, 2.24) is 9.88 Å². The van der Waals surface area contributed by atoms with Gasteiger partial charge in [-0.1, -0.05) is 64.5 Å². The van der Waals surface area contributed by atoms with Crippen LogP contribution in [0.1, 0.15) is 47.8 Å². The highest BCUT2D eigenvalue weighted by Gasteiger charge is 2.39. The van der Waals surface area contributed by atoms with Crippen molar-refractivity contribution < 1.29 is 9.53 Å². The Morgan fingerprint density at radius 3 is 2.52 bits per heavy atom. The van der Waals surface area contributed by atoms with Crippen molar-refractivity contribution in [2.45, 2.75) is 32.4 Å². The van der Waals surface area contributed by atoms with Gasteiger partial charge in [0.1, 0.15) is 0 Å². The largest absolute Gasteiger partial charge is 0.379 e. The number of rotatable bonds is 7. The van der Waals surface area contributed by atoms with Gasteiger partial charge in [0.25, 0.3) is 5.91 Å². The quantitative estimate of drug-likeness (QED) is 0.277. The molecular formula is C28H27BrN2O2. The Labute approximate surface area is 202 Å². The van der Waals surface area contributed by atoms with Gasteiger partial charge in [-0.3, -0.25) is 4.79 Å². The number of ether oxygens (including phenoxy) is 1. The Hall–Kier alpha value is -2.89. The lowest BCUT2D eigenvalue weighted by molar-refractivity contribution is 0.0605. The molecule has 3 aromatic carbocycles. The van der Waals surface area contributed by atoms with E-state index >= 15 is 0 Å². The zero-order valence-corrected chi connectivity index (χ0v) is 20.4. The zero-order valence-electron chi connectivity index (χ0n) is 18.8. The summed E-state index contributed by atoms with van der Waals surface area (Å²) in [6.45, 7) is 5.36. The van der Waals surface area contributed by atoms with Gasteiger partial charge in [-0.25, -0.2) is 0 Å². The second kappa shape index (κ2) is 9.16. The number of amides is 1. The van der Waals surface area contributed by atoms with Crippen molar-refractivity contribution in [1.29, 1.82) is 0 Å². The predicted octanol–water partition coefficient (Wildman–Crippen LogP) is 6.96. The van der Waals surface area contributed by atoms with E-state index in [1.165, 1.54) is 0 Å². The smallest absolute Gasteiger partial charge is 0.255 e. The maximum atomic E-state index is 13.5. The van der Waals surface area contributed by atoms with Gasteiger partial charge >= 0.3 is 0 Å². The first kappa shape index (κ1) is 21.9. The molecule has 0 radical (unpaired) electrons. The van der Waals surface area contributed by atoms with Gasteiger partial charge in [-0.05, 0) is 55.7 Å². The van der Waals surface area contributed by atoms with Crippen LogP contribution < -0.4 is 0 Å². The number of hydrogen-bond donors (Lipinski definition) is 1. The molecule has 1 aliphatic heterocycles. The Bertz CT molecular complexity index is 1290. The zero-order chi connectivity index (χ0) is 22.9. The Morgan fingerprint density at radius 1 is 1.00 bits per heavy atom. The standard InChI is InChI=1S/C28H27BrN2O2/c1-18(2)33-17-7-16-31-27(21-8-3-4-9-22(21)28(31)32)25-23-10-5-6-11-24(23)30-26(25)19-12-14-20(29)15-13-19/h3-6,8-15,18,27,30H,7,16-17H2,1-2H3/t27-/m0/s1. The van der Waals surface area contributed by atoms with Crippen molar-refractivity contribution >= 4 is 32.7 Å². The number of aromatic amines is 1. The first-order valence-electron chi connectivity index (χ1n) is 11.4. The molecule has 0 saturated heterocycles. The van der Waals surface area contributed by atoms with Crippen LogP contribution in [0.3, 0.4) is 0 Å². The summed E-state index contributed by atoms with van der Waals surface area (Å²) in [4.78, 5) is 19.2. The highest BCUT2D eigenvalue weighted by molar-refractivity contribution is 9.10. The first-order valence-corrected chi connectivity index (χ1v) is 12.2. The molecule has 1 atom stereocenters. The number of fused-ring (bicyclic) bond motifs is 2. The number of carbonyl (C=O) groups is 1. The number of halogens is 1. The number of benzene rings is 3. The van der Waals surface area contributed by atoms with Gasteiger partial charge in [0.15, 0.2) is 0 Å². The third kappa shape index (κ3) is 4.11. The summed E-state index contributed by atoms with van der Waals surface area (Å²) in [7, 11) is 0. The van der Waals surface area contributed by atoms with Gasteiger partial charge in [0, 0.05) is 39.7 Å². The van der Waals surface area contributed by atoms with E-state index in [1.807, 2.05) is 43.0 Å². The Balaban J connectivity index is 1.65. The highest BCUT2D eigenvalue weighted by Crippen LogP contribution is 2.45. The van der Waals surface area contributed by atoms with Crippen LogP contribution in [-0.2, 0) is 4.74 Å². The topological polar surface area (TPSA) is 45.3 Å². The monoisotopic (exact) mass is 502 g/mol. The van der Waals surface area contributed by atoms with Crippen molar-refractivity contribution in [3.05, 3.63) is 94.0 Å². The summed E-state index contributed by atoms with van der Waals surface area (Å²) >= 11 is 3.55. The maximum absolute atomic E-state index is 13.5. The van der Waals surface area contributed by atoms with Crippen LogP contribution in [0, 0.1) is 0 Å². The van der Waals surface area contributed by atoms with Gasteiger partial charge in [0.05, 0.1) is 17.8 Å². The summed E-state index contributed by atoms with van der Waals surface area (Å²) in [6, 6.07) is 24.6. The molecule has 0 bridgehead atoms. The summed E-state index contributed by atoms with van der Waals surface area (Å²) < 4.78 is 6.80. The van der Waals surface area contributed by atoms with Crippen molar-refractivity contribution in [2.75, 3.05) is 13.2 Å². The molecule has 2 heterocycles. The van der Waals surface area contributed by atoms with Crippen LogP contribution in [0.4, 0.5) is 0 Å². The molecule has 1 aliphatic rings. The molecule has 0 saturated carbocycles. The molecule has 4 nitrogen and oxygen atoms in total. The third-order valence-electron chi connectivity index (χ3n) is 6.21. The average molecular weight is 503 g/mol. The molecule has 1 N–H and O–H groups in total. The van der Waals surface area contributed by atoms with E-state index in [4.69, 9.17) is 4.74 Å². The van der Waals surface area contributed by atoms with Crippen LogP contribution in [0.25, 0.3) is 22.2 Å². The average Bonchev–Trinajstić information content (AvgIpc) is 3.32. The Morgan fingerprint density at radius 2 is 1.73 bits per heavy atom. The van der Waals surface area contributed by atoms with E-state index in [2.05, 4.69) is 69.4 Å². The minimum absolute atomic E-state index is 0.0900. The minimum atomic E-state index is -0.150. The molecule has 4 aromatic rings. The lowest BCUT2D eigenvalue weighted by atomic mass is 9.93. The van der Waals surface area contributed by atoms with E-state index in [0.29, 0.717) is 13.2 Å². The van der Waals surface area contributed by atoms with Gasteiger partial charge in [-0.15, -0.1) is 0 Å². The van der Waals surface area contributed by atoms with Crippen molar-refractivity contribution in [3.8, 4) is 11.3 Å². The molecular weight excluding hydrogens is 476 g/mol. The fourth-order valence-electron chi connectivity index (χ4n) is 4.76. The van der Waals surface area contributed by atoms with Gasteiger partial charge in [-0.2, -0.15) is 0 Å². The van der Waals surface area contributed by atoms with Crippen LogP contribution in [0.5, 0.6) is 0 Å². The summed E-state index contributed by atoms with van der Waals surface area (Å²) in [5.41, 5.74) is 6.24. The third-order valence-corrected chi connectivity index (χ3v) is 6.73. The molecule has 5 heteroatoms. The van der Waals surface area contributed by atoms with Crippen LogP contribution in [-0.4, -0.2) is 35.0 Å². The van der Waals surface area contributed by atoms with E-state index in [9.17, 15) is 4.79 Å². The van der Waals surface area contributed by atoms with Gasteiger partial charge in [0.2, 0.25) is 0 Å². The molecule has 1 aromatic heterocycles. The molecule has 33 heavy (non-hydrogen) atoms. The number of nitrogens with zero attached hydrogens (tertiary/aromatic N) is 1. The molecule has 5 rings (SSSR count). The summed E-state index contributed by atoms with van der Waals surface area (Å²) in [6.07, 6.45) is 0.981. The fraction of sp³-hybridized carbons (Fsp3) is 0.250. The molecule has 1 amide bonds. The van der Waals surface area contributed by atoms with Gasteiger partial charge < -0.3 is 14.6 Å². The van der Waals surface area contributed by atoms with E-state index in [1.54, 1.807) is 0 Å². The normalized spacial score (nSPS) is 15.6. The summed E-state index contributed by atoms with van der Waals surface area (Å²) in [5, 5.41) is 1.15. The number of aromatic nitrogens is 1. The molecule has 0 aliphatic carbocycles. The molecule has 0 spiro atoms. The number of para-hydroxylation sites is 1. The molecule has 0 unspecified atom stereocenters. The number of carbonyl (C=O) groups excluding carboxylic acids is 1. The molecule has 0 fully saturated rings. The van der Waals surface area contributed by atoms with Crippen LogP contribution in [0.15, 0.2) is 77.3 Å². The van der Waals surface area contributed by atoms with Crippen molar-refractivity contribution in [3.63, 3.8) is 0 Å². The Kier molecular flexibility index (Phi) is 6.09. The summed E-state index contributed by atoms with van der Waals surface area (Å²) in [5.74, 6) is 0.0900. The maximum Gasteiger partial charge on any atom is 0.255 e. The molecule has 168 valence electrons. The van der Waals surface area contributed by atoms with E-state index < -0.39 is 0 Å². The number of H-pyrrole nitrogens is 1. The first-order chi connectivity index (χ1) is 16.0. The van der Waals surface area contributed by atoms with Crippen LogP contribution in [0.2, 0.25) is 0 Å². The van der Waals surface area contributed by atoms with E-state index in [-0.39, 0.29) is 18.1 Å². The lowest BCUT2D eigenvalue weighted by Gasteiger charge is -2.27.